The van der Waals surface area contributed by atoms with Crippen molar-refractivity contribution in [1.29, 1.82) is 0 Å². The number of anilines is 2. The second kappa shape index (κ2) is 8.76. The number of carboxylic acid groups (broad SMARTS) is 1. The minimum Gasteiger partial charge on any atom is -0.477 e. The van der Waals surface area contributed by atoms with Gasteiger partial charge in [-0.3, -0.25) is 14.5 Å². The summed E-state index contributed by atoms with van der Waals surface area (Å²) in [7, 11) is 0. The van der Waals surface area contributed by atoms with E-state index in [0.29, 0.717) is 22.2 Å². The van der Waals surface area contributed by atoms with Crippen molar-refractivity contribution >= 4 is 68.2 Å². The molecule has 15 heteroatoms. The number of nitrogens with one attached hydrogen (secondary N) is 1. The van der Waals surface area contributed by atoms with Crippen molar-refractivity contribution in [3.05, 3.63) is 33.4 Å². The molecule has 2 aromatic heterocycles. The fraction of sp³-hybridized carbons (Fsp3) is 0.294. The first-order chi connectivity index (χ1) is 15.3. The lowest BCUT2D eigenvalue weighted by molar-refractivity contribution is -0.150. The molecule has 4 rings (SSSR count). The van der Waals surface area contributed by atoms with Gasteiger partial charge in [-0.2, -0.15) is 0 Å². The number of rotatable bonds is 7. The number of carbonyl (C=O) groups excluding carboxylic acids is 2. The van der Waals surface area contributed by atoms with Gasteiger partial charge < -0.3 is 26.7 Å². The summed E-state index contributed by atoms with van der Waals surface area (Å²) in [6, 6.07) is -0.908. The highest BCUT2D eigenvalue weighted by atomic mass is 32.2. The Hall–Kier alpha value is -3.17. The molecule has 2 aliphatic heterocycles. The molecular weight excluding hydrogens is 478 g/mol. The van der Waals surface area contributed by atoms with Crippen LogP contribution in [0.4, 0.5) is 10.3 Å². The van der Waals surface area contributed by atoms with Crippen LogP contribution >= 0.6 is 34.4 Å². The van der Waals surface area contributed by atoms with Crippen LogP contribution in [0.5, 0.6) is 0 Å². The highest BCUT2D eigenvalue weighted by molar-refractivity contribution is 8.00. The molecule has 2 aliphatic rings. The van der Waals surface area contributed by atoms with E-state index >= 15 is 0 Å². The van der Waals surface area contributed by atoms with Crippen LogP contribution in [0.25, 0.3) is 0 Å². The van der Waals surface area contributed by atoms with Crippen LogP contribution in [-0.2, 0) is 25.8 Å². The summed E-state index contributed by atoms with van der Waals surface area (Å²) in [5.41, 5.74) is 12.4. The van der Waals surface area contributed by atoms with Crippen molar-refractivity contribution in [1.82, 2.24) is 20.2 Å². The molecule has 1 saturated heterocycles. The summed E-state index contributed by atoms with van der Waals surface area (Å²) in [5.74, 6) is -1.95. The van der Waals surface area contributed by atoms with Gasteiger partial charge in [-0.05, 0) is 12.5 Å². The van der Waals surface area contributed by atoms with Gasteiger partial charge in [-0.25, -0.2) is 14.8 Å². The Labute approximate surface area is 193 Å². The maximum Gasteiger partial charge on any atom is 0.352 e. The Morgan fingerprint density at radius 3 is 2.66 bits per heavy atom. The number of nitrogens with two attached hydrogens (primary N) is 2. The molecule has 0 radical (unpaired) electrons. The second-order valence-electron chi connectivity index (χ2n) is 6.76. The molecular formula is C17H17N7O5S3. The highest BCUT2D eigenvalue weighted by Crippen LogP contribution is 2.40. The van der Waals surface area contributed by atoms with E-state index in [1.165, 1.54) is 33.4 Å². The minimum atomic E-state index is -1.18. The first kappa shape index (κ1) is 22.0. The molecule has 168 valence electrons. The number of carboxylic acids is 1. The Morgan fingerprint density at radius 2 is 2.03 bits per heavy atom. The fourth-order valence-corrected chi connectivity index (χ4v) is 5.53. The van der Waals surface area contributed by atoms with Crippen molar-refractivity contribution < 1.29 is 24.3 Å². The molecule has 1 unspecified atom stereocenters. The second-order valence-corrected chi connectivity index (χ2v) is 9.64. The molecule has 6 N–H and O–H groups in total. The number of amides is 2. The predicted molar refractivity (Wildman–Crippen MR) is 120 cm³/mol. The van der Waals surface area contributed by atoms with Gasteiger partial charge in [0.2, 0.25) is 0 Å². The number of nitrogen functional groups attached to an aromatic ring is 2. The summed E-state index contributed by atoms with van der Waals surface area (Å²) in [5, 5.41) is 19.3. The Balaban J connectivity index is 1.50. The van der Waals surface area contributed by atoms with Crippen LogP contribution in [0.2, 0.25) is 0 Å². The van der Waals surface area contributed by atoms with Crippen molar-refractivity contribution in [2.75, 3.05) is 17.2 Å². The number of fused-ring (bicyclic) bond motifs is 1. The van der Waals surface area contributed by atoms with Gasteiger partial charge in [0.05, 0.1) is 5.69 Å². The third kappa shape index (κ3) is 4.13. The molecule has 4 heterocycles. The van der Waals surface area contributed by atoms with E-state index in [1.807, 2.05) is 0 Å². The zero-order chi connectivity index (χ0) is 23.0. The van der Waals surface area contributed by atoms with Crippen molar-refractivity contribution in [3.8, 4) is 0 Å². The minimum absolute atomic E-state index is 0.0231. The number of nitrogens with zero attached hydrogens (tertiary/aromatic N) is 4. The van der Waals surface area contributed by atoms with E-state index in [1.54, 1.807) is 12.3 Å². The van der Waals surface area contributed by atoms with E-state index in [4.69, 9.17) is 16.3 Å². The molecule has 2 atom stereocenters. The summed E-state index contributed by atoms with van der Waals surface area (Å²) in [4.78, 5) is 51.7. The number of thiazole rings is 2. The molecule has 12 nitrogen and oxygen atoms in total. The Morgan fingerprint density at radius 1 is 1.31 bits per heavy atom. The average Bonchev–Trinajstić information content (AvgIpc) is 3.36. The molecule has 0 spiro atoms. The topological polar surface area (TPSA) is 186 Å². The Kier molecular flexibility index (Phi) is 6.03. The molecule has 2 aromatic rings. The molecule has 2 amide bonds. The van der Waals surface area contributed by atoms with Gasteiger partial charge in [0.1, 0.15) is 22.8 Å². The highest BCUT2D eigenvalue weighted by Gasteiger charge is 2.54. The van der Waals surface area contributed by atoms with Crippen LogP contribution in [-0.4, -0.2) is 60.6 Å². The van der Waals surface area contributed by atoms with Gasteiger partial charge in [-0.1, -0.05) is 5.16 Å². The third-order valence-electron chi connectivity index (χ3n) is 4.57. The number of hydrogen-bond acceptors (Lipinski definition) is 12. The molecule has 0 saturated carbocycles. The molecule has 0 bridgehead atoms. The van der Waals surface area contributed by atoms with Crippen molar-refractivity contribution in [3.63, 3.8) is 0 Å². The third-order valence-corrected chi connectivity index (χ3v) is 7.39. The van der Waals surface area contributed by atoms with Gasteiger partial charge in [0, 0.05) is 16.5 Å². The van der Waals surface area contributed by atoms with E-state index in [-0.39, 0.29) is 28.8 Å². The smallest absolute Gasteiger partial charge is 0.352 e. The van der Waals surface area contributed by atoms with Gasteiger partial charge in [0.15, 0.2) is 22.6 Å². The number of aliphatic carboxylic acids is 1. The van der Waals surface area contributed by atoms with Gasteiger partial charge >= 0.3 is 5.97 Å². The van der Waals surface area contributed by atoms with Crippen LogP contribution in [0.1, 0.15) is 18.3 Å². The lowest BCUT2D eigenvalue weighted by Crippen LogP contribution is -2.71. The van der Waals surface area contributed by atoms with E-state index < -0.39 is 29.2 Å². The predicted octanol–water partition coefficient (Wildman–Crippen LogP) is 0.443. The summed E-state index contributed by atoms with van der Waals surface area (Å²) in [6.45, 7) is 1.64. The van der Waals surface area contributed by atoms with Crippen molar-refractivity contribution in [2.45, 2.75) is 24.9 Å². The number of carbonyl (C=O) groups is 3. The number of hydrogen-bond donors (Lipinski definition) is 4. The summed E-state index contributed by atoms with van der Waals surface area (Å²) >= 11 is 3.73. The van der Waals surface area contributed by atoms with Gasteiger partial charge in [0.25, 0.3) is 11.8 Å². The average molecular weight is 496 g/mol. The monoisotopic (exact) mass is 495 g/mol. The largest absolute Gasteiger partial charge is 0.477 e. The molecule has 32 heavy (non-hydrogen) atoms. The van der Waals surface area contributed by atoms with E-state index in [9.17, 15) is 19.5 Å². The SMILES string of the molecule is CC1=C(C(=O)O)N2C(=O)C(NC(=O)C(=NOCc3csc(N)n3)c3csc(N)n3)[C@@H]2SC1. The first-order valence-electron chi connectivity index (χ1n) is 9.06. The van der Waals surface area contributed by atoms with E-state index in [2.05, 4.69) is 20.4 Å². The molecule has 0 aliphatic carbocycles. The lowest BCUT2D eigenvalue weighted by Gasteiger charge is -2.49. The van der Waals surface area contributed by atoms with Crippen molar-refractivity contribution in [2.24, 2.45) is 5.16 Å². The zero-order valence-electron chi connectivity index (χ0n) is 16.5. The van der Waals surface area contributed by atoms with Crippen LogP contribution in [0.15, 0.2) is 27.2 Å². The van der Waals surface area contributed by atoms with Crippen LogP contribution in [0, 0.1) is 0 Å². The van der Waals surface area contributed by atoms with Crippen LogP contribution < -0.4 is 16.8 Å². The maximum atomic E-state index is 13.0. The molecule has 0 aromatic carbocycles. The number of thioether (sulfide) groups is 1. The maximum absolute atomic E-state index is 13.0. The standard InChI is InChI=1S/C17H17N7O5S3/c1-6-3-30-14-10(13(26)24(14)11(6)15(27)28)22-12(25)9(8-5-32-17(19)21-8)23-29-2-7-4-31-16(18)20-7/h4-5,10,14H,2-3H2,1H3,(H2,18,20)(H2,19,21)(H,22,25)(H,27,28)/t10?,14-/m0/s1. The first-order valence-corrected chi connectivity index (χ1v) is 11.9. The number of aromatic nitrogens is 2. The zero-order valence-corrected chi connectivity index (χ0v) is 18.9. The summed E-state index contributed by atoms with van der Waals surface area (Å²) in [6.07, 6.45) is 0. The lowest BCUT2D eigenvalue weighted by atomic mass is 10.0. The summed E-state index contributed by atoms with van der Waals surface area (Å²) < 4.78 is 0. The van der Waals surface area contributed by atoms with E-state index in [0.717, 1.165) is 11.3 Å². The Bertz CT molecular complexity index is 1160. The molecule has 1 fully saturated rings. The number of oxime groups is 1. The number of β-lactam (4-membered cyclic amide) rings is 1. The van der Waals surface area contributed by atoms with Crippen LogP contribution in [0.3, 0.4) is 0 Å². The van der Waals surface area contributed by atoms with Gasteiger partial charge in [-0.15, -0.1) is 34.4 Å². The normalized spacial score (nSPS) is 20.6. The quantitative estimate of drug-likeness (QED) is 0.238. The fourth-order valence-electron chi connectivity index (χ4n) is 3.14.